The molecule has 0 atom stereocenters. The molecule has 0 nitrogen and oxygen atoms in total. The maximum atomic E-state index is 3.30. The second kappa shape index (κ2) is 12.2. The molecular formula is C25H22Cl2Hf-2. The zero-order chi connectivity index (χ0) is 18.4. The Morgan fingerprint density at radius 3 is 2.25 bits per heavy atom. The van der Waals surface area contributed by atoms with Gasteiger partial charge in [0.05, 0.1) is 0 Å². The molecule has 0 amide bonds. The van der Waals surface area contributed by atoms with Crippen LogP contribution < -0.4 is 24.8 Å². The molecule has 0 aliphatic heterocycles. The largest absolute Gasteiger partial charge is 1.00 e. The van der Waals surface area contributed by atoms with Crippen LogP contribution in [0.25, 0.3) is 21.9 Å². The average Bonchev–Trinajstić information content (AvgIpc) is 3.26. The summed E-state index contributed by atoms with van der Waals surface area (Å²) in [7, 11) is 0. The Bertz CT molecular complexity index is 940. The summed E-state index contributed by atoms with van der Waals surface area (Å²) in [4.78, 5) is 0. The first kappa shape index (κ1) is 24.6. The van der Waals surface area contributed by atoms with Crippen molar-refractivity contribution in [2.24, 2.45) is 0 Å². The third-order valence-electron chi connectivity index (χ3n) is 4.16. The van der Waals surface area contributed by atoms with Gasteiger partial charge in [0.15, 0.2) is 0 Å². The topological polar surface area (TPSA) is 0 Å². The third kappa shape index (κ3) is 6.58. The minimum atomic E-state index is 0. The first-order valence-corrected chi connectivity index (χ1v) is 10.6. The molecule has 4 aromatic carbocycles. The van der Waals surface area contributed by atoms with Gasteiger partial charge in [0.25, 0.3) is 0 Å². The fourth-order valence-corrected chi connectivity index (χ4v) is 3.07. The van der Waals surface area contributed by atoms with Crippen LogP contribution >= 0.6 is 0 Å². The number of fused-ring (bicyclic) bond motifs is 4. The van der Waals surface area contributed by atoms with Crippen molar-refractivity contribution >= 4 is 14.0 Å². The van der Waals surface area contributed by atoms with E-state index < -0.39 is 0 Å². The molecule has 0 fully saturated rings. The van der Waals surface area contributed by atoms with Crippen LogP contribution in [0.3, 0.4) is 0 Å². The normalized spacial score (nSPS) is 10.0. The van der Waals surface area contributed by atoms with E-state index in [1.54, 1.807) is 3.26 Å². The van der Waals surface area contributed by atoms with Gasteiger partial charge in [-0.15, -0.1) is 35.2 Å². The fraction of sp³-hybridized carbons (Fsp3) is 0.120. The Kier molecular flexibility index (Phi) is 10.7. The molecule has 0 heterocycles. The molecule has 0 N–H and O–H groups in total. The summed E-state index contributed by atoms with van der Waals surface area (Å²) in [5.41, 5.74) is 5.51. The van der Waals surface area contributed by atoms with E-state index in [1.165, 1.54) is 56.9 Å². The van der Waals surface area contributed by atoms with E-state index in [4.69, 9.17) is 0 Å². The Morgan fingerprint density at radius 1 is 0.857 bits per heavy atom. The Hall–Kier alpha value is -1.41. The van der Waals surface area contributed by atoms with E-state index in [2.05, 4.69) is 98.8 Å². The fourth-order valence-electron chi connectivity index (χ4n) is 3.07. The molecule has 142 valence electrons. The molecule has 3 heteroatoms. The Balaban J connectivity index is 0.000000231. The predicted octanol–water partition coefficient (Wildman–Crippen LogP) is 0.370. The molecule has 1 aliphatic rings. The summed E-state index contributed by atoms with van der Waals surface area (Å²) in [5.74, 6) is 0. The van der Waals surface area contributed by atoms with Gasteiger partial charge in [-0.25, -0.2) is 0 Å². The zero-order valence-corrected chi connectivity index (χ0v) is 21.2. The molecule has 0 unspecified atom stereocenters. The molecule has 0 bridgehead atoms. The summed E-state index contributed by atoms with van der Waals surface area (Å²) in [6, 6.07) is 32.8. The van der Waals surface area contributed by atoms with Crippen LogP contribution in [-0.4, -0.2) is 3.26 Å². The molecule has 4 aromatic rings. The van der Waals surface area contributed by atoms with Crippen molar-refractivity contribution in [3.8, 4) is 11.1 Å². The quantitative estimate of drug-likeness (QED) is 0.186. The maximum absolute atomic E-state index is 3.30. The van der Waals surface area contributed by atoms with Crippen molar-refractivity contribution in [1.82, 2.24) is 0 Å². The Labute approximate surface area is 195 Å². The molecule has 0 spiro atoms. The predicted molar refractivity (Wildman–Crippen MR) is 109 cm³/mol. The van der Waals surface area contributed by atoms with Crippen LogP contribution in [0.15, 0.2) is 84.9 Å². The van der Waals surface area contributed by atoms with Gasteiger partial charge in [0.2, 0.25) is 0 Å². The van der Waals surface area contributed by atoms with Crippen LogP contribution in [-0.2, 0) is 30.3 Å². The molecule has 1 aliphatic carbocycles. The van der Waals surface area contributed by atoms with Crippen LogP contribution in [0.2, 0.25) is 0 Å². The molecule has 0 aromatic heterocycles. The minimum Gasteiger partial charge on any atom is -1.00 e. The minimum absolute atomic E-state index is 0. The monoisotopic (exact) mass is 572 g/mol. The third-order valence-corrected chi connectivity index (χ3v) is 4.16. The second-order valence-electron chi connectivity index (χ2n) is 6.55. The van der Waals surface area contributed by atoms with Crippen molar-refractivity contribution in [2.75, 3.05) is 0 Å². The van der Waals surface area contributed by atoms with Crippen molar-refractivity contribution in [3.05, 3.63) is 102 Å². The van der Waals surface area contributed by atoms with Gasteiger partial charge >= 0.3 is 41.0 Å². The summed E-state index contributed by atoms with van der Waals surface area (Å²) in [6.07, 6.45) is 1.05. The molecule has 0 saturated carbocycles. The molecular weight excluding hydrogens is 550 g/mol. The second-order valence-corrected chi connectivity index (χ2v) is 10.1. The number of hydrogen-bond acceptors (Lipinski definition) is 0. The maximum Gasteiger partial charge on any atom is -0.0253 e. The van der Waals surface area contributed by atoms with Gasteiger partial charge in [0.1, 0.15) is 0 Å². The SMILES string of the molecule is C[C](C)=[Hf+2].[Cl-].[Cl-].[c-]1cccc2c1Cc1ccccc1-2.c1ccc2[cH-]ccc2c1. The summed E-state index contributed by atoms with van der Waals surface area (Å²) in [5, 5.41) is 2.66. The molecule has 28 heavy (non-hydrogen) atoms. The van der Waals surface area contributed by atoms with Gasteiger partial charge in [-0.2, -0.15) is 47.3 Å². The van der Waals surface area contributed by atoms with Gasteiger partial charge in [-0.05, 0) is 6.42 Å². The van der Waals surface area contributed by atoms with E-state index >= 15 is 0 Å². The summed E-state index contributed by atoms with van der Waals surface area (Å²) < 4.78 is 1.56. The number of benzene rings is 3. The van der Waals surface area contributed by atoms with Crippen molar-refractivity contribution in [2.45, 2.75) is 20.3 Å². The standard InChI is InChI=1S/C13H9.C9H7.C3H6.2ClH.Hf/c1-3-7-12-10(5-1)9-11-6-2-4-8-13(11)12;1-2-5-9-7-3-6-8(9)4-1;1-3-2;;;/h1-5,7-8H,9H2;1-7H;1-2H3;2*1H;/q2*-1;;;;+2/p-2. The van der Waals surface area contributed by atoms with Crippen molar-refractivity contribution in [1.29, 1.82) is 0 Å². The van der Waals surface area contributed by atoms with Crippen LogP contribution in [0.1, 0.15) is 25.0 Å². The van der Waals surface area contributed by atoms with Crippen molar-refractivity contribution in [3.63, 3.8) is 0 Å². The molecule has 5 rings (SSSR count). The van der Waals surface area contributed by atoms with Gasteiger partial charge in [0, 0.05) is 0 Å². The average molecular weight is 572 g/mol. The zero-order valence-electron chi connectivity index (χ0n) is 16.0. The first-order valence-electron chi connectivity index (χ1n) is 8.85. The first-order chi connectivity index (χ1) is 12.6. The van der Waals surface area contributed by atoms with Crippen LogP contribution in [0.5, 0.6) is 0 Å². The molecule has 0 radical (unpaired) electrons. The Morgan fingerprint density at radius 2 is 1.50 bits per heavy atom. The van der Waals surface area contributed by atoms with Gasteiger partial charge in [-0.1, -0.05) is 41.5 Å². The number of hydrogen-bond donors (Lipinski definition) is 0. The number of rotatable bonds is 0. The smallest absolute Gasteiger partial charge is 0.0253 e. The van der Waals surface area contributed by atoms with E-state index in [0.29, 0.717) is 0 Å². The van der Waals surface area contributed by atoms with E-state index in [0.717, 1.165) is 6.42 Å². The van der Waals surface area contributed by atoms with E-state index in [-0.39, 0.29) is 24.8 Å². The van der Waals surface area contributed by atoms with Gasteiger partial charge < -0.3 is 24.8 Å². The van der Waals surface area contributed by atoms with E-state index in [9.17, 15) is 0 Å². The van der Waals surface area contributed by atoms with Gasteiger partial charge in [-0.3, -0.25) is 0 Å². The number of halogens is 2. The van der Waals surface area contributed by atoms with E-state index in [1.807, 2.05) is 6.07 Å². The van der Waals surface area contributed by atoms with Crippen LogP contribution in [0.4, 0.5) is 0 Å². The summed E-state index contributed by atoms with van der Waals surface area (Å²) >= 11 is 1.27. The van der Waals surface area contributed by atoms with Crippen LogP contribution in [0, 0.1) is 6.07 Å². The van der Waals surface area contributed by atoms with Crippen molar-refractivity contribution < 1.29 is 48.7 Å². The molecule has 0 saturated heterocycles. The summed E-state index contributed by atoms with van der Waals surface area (Å²) in [6.45, 7) is 4.29.